The molecular formula is C29H24F4N4O2. The molecule has 0 aliphatic carbocycles. The quantitative estimate of drug-likeness (QED) is 0.233. The molecule has 39 heavy (non-hydrogen) atoms. The molecule has 0 saturated carbocycles. The summed E-state index contributed by atoms with van der Waals surface area (Å²) in [6.45, 7) is 0.488. The molecule has 1 aliphatic heterocycles. The van der Waals surface area contributed by atoms with Gasteiger partial charge in [0.25, 0.3) is 0 Å². The Morgan fingerprint density at radius 3 is 2.28 bits per heavy atom. The molecule has 1 saturated heterocycles. The van der Waals surface area contributed by atoms with Gasteiger partial charge in [-0.25, -0.2) is 22.4 Å². The number of halogens is 4. The number of benzene rings is 3. The molecule has 5 rings (SSSR count). The third kappa shape index (κ3) is 5.69. The highest BCUT2D eigenvalue weighted by atomic mass is 19.2. The number of aromatic nitrogens is 2. The molecule has 1 N–H and O–H groups in total. The maximum absolute atomic E-state index is 14.9. The van der Waals surface area contributed by atoms with Gasteiger partial charge >= 0.3 is 6.09 Å². The van der Waals surface area contributed by atoms with Gasteiger partial charge in [-0.2, -0.15) is 0 Å². The monoisotopic (exact) mass is 536 g/mol. The smallest absolute Gasteiger partial charge is 0.407 e. The summed E-state index contributed by atoms with van der Waals surface area (Å²) in [5.74, 6) is -4.05. The fraction of sp³-hybridized carbons (Fsp3) is 0.207. The van der Waals surface area contributed by atoms with Crippen LogP contribution in [0.3, 0.4) is 0 Å². The molecule has 4 aromatic rings. The van der Waals surface area contributed by atoms with Gasteiger partial charge in [-0.15, -0.1) is 10.2 Å². The molecule has 1 aliphatic rings. The summed E-state index contributed by atoms with van der Waals surface area (Å²) in [4.78, 5) is 15.5. The summed E-state index contributed by atoms with van der Waals surface area (Å²) in [5.41, 5.74) is 1.87. The van der Waals surface area contributed by atoms with E-state index in [4.69, 9.17) is 0 Å². The van der Waals surface area contributed by atoms with E-state index < -0.39 is 35.5 Å². The maximum Gasteiger partial charge on any atom is 0.407 e. The van der Waals surface area contributed by atoms with Crippen LogP contribution in [0.25, 0.3) is 11.3 Å². The van der Waals surface area contributed by atoms with Crippen molar-refractivity contribution in [2.24, 2.45) is 0 Å². The minimum atomic E-state index is -1.30. The first-order valence-corrected chi connectivity index (χ1v) is 12.3. The Morgan fingerprint density at radius 1 is 0.897 bits per heavy atom. The van der Waals surface area contributed by atoms with Crippen molar-refractivity contribution in [3.05, 3.63) is 113 Å². The Kier molecular flexibility index (Phi) is 7.44. The molecule has 2 heterocycles. The molecule has 3 aromatic carbocycles. The Hall–Kier alpha value is -4.47. The lowest BCUT2D eigenvalue weighted by atomic mass is 9.83. The average Bonchev–Trinajstić information content (AvgIpc) is 2.94. The zero-order chi connectivity index (χ0) is 27.5. The van der Waals surface area contributed by atoms with Crippen LogP contribution >= 0.6 is 0 Å². The number of amides is 1. The predicted octanol–water partition coefficient (Wildman–Crippen LogP) is 6.24. The number of nitrogens with zero attached hydrogens (tertiary/aromatic N) is 4. The van der Waals surface area contributed by atoms with Gasteiger partial charge in [0.15, 0.2) is 17.5 Å². The van der Waals surface area contributed by atoms with E-state index in [9.17, 15) is 27.5 Å². The second kappa shape index (κ2) is 11.1. The Balaban J connectivity index is 1.47. The van der Waals surface area contributed by atoms with Gasteiger partial charge in [-0.05, 0) is 60.0 Å². The maximum atomic E-state index is 14.9. The first kappa shape index (κ1) is 26.1. The molecule has 0 bridgehead atoms. The fourth-order valence-electron chi connectivity index (χ4n) is 5.02. The van der Waals surface area contributed by atoms with Crippen LogP contribution in [-0.2, 0) is 6.54 Å². The molecule has 1 amide bonds. The van der Waals surface area contributed by atoms with Crippen LogP contribution in [0.2, 0.25) is 0 Å². The van der Waals surface area contributed by atoms with Crippen molar-refractivity contribution < 1.29 is 27.5 Å². The summed E-state index contributed by atoms with van der Waals surface area (Å²) in [6.07, 6.45) is -0.969. The van der Waals surface area contributed by atoms with Gasteiger partial charge in [0.2, 0.25) is 0 Å². The summed E-state index contributed by atoms with van der Waals surface area (Å²) in [5, 5.41) is 18.7. The van der Waals surface area contributed by atoms with Crippen LogP contribution in [-0.4, -0.2) is 45.4 Å². The second-order valence-electron chi connectivity index (χ2n) is 9.38. The lowest BCUT2D eigenvalue weighted by molar-refractivity contribution is 0.106. The van der Waals surface area contributed by atoms with Crippen molar-refractivity contribution in [3.63, 3.8) is 0 Å². The Morgan fingerprint density at radius 2 is 1.62 bits per heavy atom. The van der Waals surface area contributed by atoms with Gasteiger partial charge < -0.3 is 10.0 Å². The Labute approximate surface area is 222 Å². The largest absolute Gasteiger partial charge is 0.465 e. The lowest BCUT2D eigenvalue weighted by Gasteiger charge is -2.43. The van der Waals surface area contributed by atoms with E-state index in [-0.39, 0.29) is 30.9 Å². The van der Waals surface area contributed by atoms with Crippen molar-refractivity contribution in [2.75, 3.05) is 18.0 Å². The molecule has 0 spiro atoms. The first-order valence-electron chi connectivity index (χ1n) is 12.3. The van der Waals surface area contributed by atoms with E-state index in [1.54, 1.807) is 48.5 Å². The van der Waals surface area contributed by atoms with Crippen molar-refractivity contribution in [3.8, 4) is 11.3 Å². The highest BCUT2D eigenvalue weighted by Crippen LogP contribution is 2.36. The SMILES string of the molecule is O=C(O)N(Cc1ccccc1)[C@H]1CN(c2ccc(-c3ccc(F)cc3)nn2)CC[C@@H]1c1cc(F)c(F)cc1F. The minimum absolute atomic E-state index is 0.0195. The van der Waals surface area contributed by atoms with Gasteiger partial charge in [0.05, 0.1) is 11.7 Å². The molecular weight excluding hydrogens is 512 g/mol. The molecule has 0 radical (unpaired) electrons. The Bertz CT molecular complexity index is 1450. The molecule has 2 atom stereocenters. The van der Waals surface area contributed by atoms with Crippen LogP contribution in [0, 0.1) is 23.3 Å². The van der Waals surface area contributed by atoms with Gasteiger partial charge in [-0.3, -0.25) is 4.90 Å². The van der Waals surface area contributed by atoms with Crippen molar-refractivity contribution in [2.45, 2.75) is 24.9 Å². The second-order valence-corrected chi connectivity index (χ2v) is 9.38. The number of piperidine rings is 1. The van der Waals surface area contributed by atoms with Crippen LogP contribution in [0.1, 0.15) is 23.5 Å². The van der Waals surface area contributed by atoms with Gasteiger partial charge in [-0.1, -0.05) is 30.3 Å². The number of carbonyl (C=O) groups is 1. The molecule has 1 fully saturated rings. The zero-order valence-electron chi connectivity index (χ0n) is 20.6. The van der Waals surface area contributed by atoms with Crippen LogP contribution in [0.4, 0.5) is 28.2 Å². The third-order valence-corrected chi connectivity index (χ3v) is 6.98. The van der Waals surface area contributed by atoms with Gasteiger partial charge in [0, 0.05) is 37.2 Å². The standard InChI is InChI=1S/C29H24F4N4O2/c30-20-8-6-19(7-9-20)26-10-11-28(35-34-26)36-13-12-21(22-14-24(32)25(33)15-23(22)31)27(17-36)37(29(38)39)16-18-4-2-1-3-5-18/h1-11,14-15,21,27H,12-13,16-17H2,(H,38,39)/t21-,27+/m1/s1. The highest BCUT2D eigenvalue weighted by molar-refractivity contribution is 5.66. The van der Waals surface area contributed by atoms with Crippen molar-refractivity contribution in [1.82, 2.24) is 15.1 Å². The summed E-state index contributed by atoms with van der Waals surface area (Å²) in [6, 6.07) is 18.7. The summed E-state index contributed by atoms with van der Waals surface area (Å²) < 4.78 is 56.0. The lowest BCUT2D eigenvalue weighted by Crippen LogP contribution is -2.53. The third-order valence-electron chi connectivity index (χ3n) is 6.98. The molecule has 6 nitrogen and oxygen atoms in total. The molecule has 10 heteroatoms. The minimum Gasteiger partial charge on any atom is -0.465 e. The number of hydrogen-bond acceptors (Lipinski definition) is 4. The predicted molar refractivity (Wildman–Crippen MR) is 137 cm³/mol. The normalized spacial score (nSPS) is 17.2. The van der Waals surface area contributed by atoms with Crippen LogP contribution in [0.5, 0.6) is 0 Å². The van der Waals surface area contributed by atoms with Crippen molar-refractivity contribution in [1.29, 1.82) is 0 Å². The average molecular weight is 537 g/mol. The molecule has 0 unspecified atom stereocenters. The van der Waals surface area contributed by atoms with Crippen LogP contribution in [0.15, 0.2) is 78.9 Å². The van der Waals surface area contributed by atoms with Crippen molar-refractivity contribution >= 4 is 11.9 Å². The topological polar surface area (TPSA) is 69.6 Å². The number of hydrogen-bond donors (Lipinski definition) is 1. The number of rotatable bonds is 6. The number of carboxylic acid groups (broad SMARTS) is 1. The van der Waals surface area contributed by atoms with E-state index in [1.807, 2.05) is 11.0 Å². The van der Waals surface area contributed by atoms with E-state index in [1.165, 1.54) is 17.0 Å². The van der Waals surface area contributed by atoms with Gasteiger partial charge in [0.1, 0.15) is 11.6 Å². The zero-order valence-corrected chi connectivity index (χ0v) is 20.6. The summed E-state index contributed by atoms with van der Waals surface area (Å²) in [7, 11) is 0. The molecule has 1 aromatic heterocycles. The first-order chi connectivity index (χ1) is 18.8. The van der Waals surface area contributed by atoms with E-state index in [2.05, 4.69) is 10.2 Å². The van der Waals surface area contributed by atoms with E-state index in [0.717, 1.165) is 11.6 Å². The molecule has 200 valence electrons. The summed E-state index contributed by atoms with van der Waals surface area (Å²) >= 11 is 0. The van der Waals surface area contributed by atoms with E-state index in [0.29, 0.717) is 29.7 Å². The highest BCUT2D eigenvalue weighted by Gasteiger charge is 2.39. The fourth-order valence-corrected chi connectivity index (χ4v) is 5.02. The number of anilines is 1. The van der Waals surface area contributed by atoms with E-state index >= 15 is 0 Å². The van der Waals surface area contributed by atoms with Crippen LogP contribution < -0.4 is 4.90 Å².